The van der Waals surface area contributed by atoms with Gasteiger partial charge in [0, 0.05) is 12.6 Å². The highest BCUT2D eigenvalue weighted by molar-refractivity contribution is 5.25. The van der Waals surface area contributed by atoms with E-state index in [2.05, 4.69) is 24.4 Å². The van der Waals surface area contributed by atoms with Gasteiger partial charge in [0.2, 0.25) is 0 Å². The topological polar surface area (TPSA) is 41.5 Å². The molecule has 3 heteroatoms. The van der Waals surface area contributed by atoms with E-state index in [0.29, 0.717) is 12.6 Å². The molecule has 1 saturated carbocycles. The Morgan fingerprint density at radius 1 is 1.19 bits per heavy atom. The van der Waals surface area contributed by atoms with Gasteiger partial charge in [-0.15, -0.1) is 0 Å². The Hall–Kier alpha value is -0.900. The number of ether oxygens (including phenoxy) is 1. The third-order valence-electron chi connectivity index (χ3n) is 4.14. The molecule has 0 aliphatic heterocycles. The van der Waals surface area contributed by atoms with Gasteiger partial charge in [-0.1, -0.05) is 56.5 Å². The monoisotopic (exact) mass is 291 g/mol. The first-order valence-corrected chi connectivity index (χ1v) is 8.32. The summed E-state index contributed by atoms with van der Waals surface area (Å²) in [7, 11) is 0. The van der Waals surface area contributed by atoms with Crippen LogP contribution in [0.3, 0.4) is 0 Å². The van der Waals surface area contributed by atoms with E-state index in [-0.39, 0.29) is 6.61 Å². The van der Waals surface area contributed by atoms with E-state index in [1.807, 2.05) is 18.2 Å². The zero-order valence-corrected chi connectivity index (χ0v) is 13.2. The van der Waals surface area contributed by atoms with Crippen molar-refractivity contribution < 1.29 is 9.84 Å². The number of nitrogens with one attached hydrogen (secondary N) is 1. The van der Waals surface area contributed by atoms with Crippen molar-refractivity contribution in [3.8, 4) is 0 Å². The van der Waals surface area contributed by atoms with Crippen LogP contribution in [0.25, 0.3) is 0 Å². The van der Waals surface area contributed by atoms with E-state index >= 15 is 0 Å². The van der Waals surface area contributed by atoms with Crippen molar-refractivity contribution >= 4 is 0 Å². The van der Waals surface area contributed by atoms with Gasteiger partial charge < -0.3 is 15.2 Å². The number of unbranched alkanes of at least 4 members (excludes halogenated alkanes) is 3. The van der Waals surface area contributed by atoms with Crippen molar-refractivity contribution in [1.29, 1.82) is 0 Å². The maximum absolute atomic E-state index is 10.0. The minimum atomic E-state index is -0.451. The maximum atomic E-state index is 10.0. The first-order valence-electron chi connectivity index (χ1n) is 8.32. The molecule has 1 aliphatic carbocycles. The largest absolute Gasteiger partial charge is 0.394 e. The number of rotatable bonds is 11. The molecule has 0 bridgehead atoms. The number of hydrogen-bond donors (Lipinski definition) is 2. The summed E-state index contributed by atoms with van der Waals surface area (Å²) in [5.74, 6) is 0. The minimum absolute atomic E-state index is 0.0719. The van der Waals surface area contributed by atoms with Crippen LogP contribution in [0.5, 0.6) is 0 Å². The van der Waals surface area contributed by atoms with Crippen LogP contribution in [0.15, 0.2) is 30.3 Å². The number of aliphatic hydroxyl groups excluding tert-OH is 1. The van der Waals surface area contributed by atoms with Crippen LogP contribution in [0.4, 0.5) is 0 Å². The lowest BCUT2D eigenvalue weighted by atomic mass is 9.91. The quantitative estimate of drug-likeness (QED) is 0.615. The second kappa shape index (κ2) is 8.52. The number of hydrogen-bond acceptors (Lipinski definition) is 3. The molecular weight excluding hydrogens is 262 g/mol. The van der Waals surface area contributed by atoms with E-state index in [1.165, 1.54) is 32.1 Å². The fourth-order valence-electron chi connectivity index (χ4n) is 2.64. The SMILES string of the molecule is CCCCCCOCC(CO)(NC1CC1)c1ccccc1. The summed E-state index contributed by atoms with van der Waals surface area (Å²) in [6.45, 7) is 3.60. The van der Waals surface area contributed by atoms with Crippen molar-refractivity contribution in [3.05, 3.63) is 35.9 Å². The van der Waals surface area contributed by atoms with Crippen LogP contribution < -0.4 is 5.32 Å². The van der Waals surface area contributed by atoms with Crippen LogP contribution in [-0.2, 0) is 10.3 Å². The zero-order valence-electron chi connectivity index (χ0n) is 13.2. The van der Waals surface area contributed by atoms with Crippen LogP contribution >= 0.6 is 0 Å². The molecule has 2 N–H and O–H groups in total. The Morgan fingerprint density at radius 2 is 1.95 bits per heavy atom. The lowest BCUT2D eigenvalue weighted by molar-refractivity contribution is 0.0307. The van der Waals surface area contributed by atoms with Gasteiger partial charge in [-0.25, -0.2) is 0 Å². The minimum Gasteiger partial charge on any atom is -0.394 e. The highest BCUT2D eigenvalue weighted by atomic mass is 16.5. The van der Waals surface area contributed by atoms with Gasteiger partial charge in [0.25, 0.3) is 0 Å². The van der Waals surface area contributed by atoms with Crippen molar-refractivity contribution in [2.45, 2.75) is 57.0 Å². The molecule has 2 rings (SSSR count). The molecule has 0 heterocycles. The van der Waals surface area contributed by atoms with Gasteiger partial charge in [0.1, 0.15) is 0 Å². The lowest BCUT2D eigenvalue weighted by Crippen LogP contribution is -2.50. The van der Waals surface area contributed by atoms with E-state index in [4.69, 9.17) is 4.74 Å². The maximum Gasteiger partial charge on any atom is 0.0908 e. The highest BCUT2D eigenvalue weighted by Crippen LogP contribution is 2.29. The Labute approximate surface area is 128 Å². The first kappa shape index (κ1) is 16.5. The molecule has 0 saturated heterocycles. The highest BCUT2D eigenvalue weighted by Gasteiger charge is 2.37. The molecule has 3 nitrogen and oxygen atoms in total. The van der Waals surface area contributed by atoms with Crippen molar-refractivity contribution in [2.24, 2.45) is 0 Å². The van der Waals surface area contributed by atoms with Crippen molar-refractivity contribution in [1.82, 2.24) is 5.32 Å². The van der Waals surface area contributed by atoms with Gasteiger partial charge >= 0.3 is 0 Å². The number of benzene rings is 1. The summed E-state index contributed by atoms with van der Waals surface area (Å²) in [4.78, 5) is 0. The van der Waals surface area contributed by atoms with E-state index in [1.54, 1.807) is 0 Å². The second-order valence-electron chi connectivity index (χ2n) is 6.14. The molecule has 1 aliphatic rings. The van der Waals surface area contributed by atoms with Gasteiger partial charge in [0.15, 0.2) is 0 Å². The molecule has 1 atom stereocenters. The van der Waals surface area contributed by atoms with Crippen LogP contribution in [-0.4, -0.2) is 31.0 Å². The summed E-state index contributed by atoms with van der Waals surface area (Å²) in [6.07, 6.45) is 7.25. The van der Waals surface area contributed by atoms with Gasteiger partial charge in [-0.3, -0.25) is 0 Å². The Kier molecular flexibility index (Phi) is 6.68. The third-order valence-corrected chi connectivity index (χ3v) is 4.14. The molecule has 0 radical (unpaired) electrons. The molecule has 1 aromatic carbocycles. The van der Waals surface area contributed by atoms with Crippen LogP contribution in [0.1, 0.15) is 51.0 Å². The molecule has 0 aromatic heterocycles. The third kappa shape index (κ3) is 5.10. The Balaban J connectivity index is 1.91. The van der Waals surface area contributed by atoms with Gasteiger partial charge in [0.05, 0.1) is 18.8 Å². The Morgan fingerprint density at radius 3 is 2.57 bits per heavy atom. The fourth-order valence-corrected chi connectivity index (χ4v) is 2.64. The van der Waals surface area contributed by atoms with E-state index < -0.39 is 5.54 Å². The average Bonchev–Trinajstić information content (AvgIpc) is 3.34. The molecule has 21 heavy (non-hydrogen) atoms. The summed E-state index contributed by atoms with van der Waals surface area (Å²) in [5, 5.41) is 13.6. The molecule has 0 amide bonds. The molecule has 1 unspecified atom stereocenters. The second-order valence-corrected chi connectivity index (χ2v) is 6.14. The average molecular weight is 291 g/mol. The van der Waals surface area contributed by atoms with Gasteiger partial charge in [-0.05, 0) is 24.8 Å². The normalized spacial score (nSPS) is 17.6. The molecule has 1 aromatic rings. The first-order chi connectivity index (χ1) is 10.3. The van der Waals surface area contributed by atoms with Gasteiger partial charge in [-0.2, -0.15) is 0 Å². The van der Waals surface area contributed by atoms with Crippen molar-refractivity contribution in [3.63, 3.8) is 0 Å². The zero-order chi connectivity index (χ0) is 15.0. The molecular formula is C18H29NO2. The fraction of sp³-hybridized carbons (Fsp3) is 0.667. The lowest BCUT2D eigenvalue weighted by Gasteiger charge is -2.33. The van der Waals surface area contributed by atoms with Crippen LogP contribution in [0, 0.1) is 0 Å². The predicted molar refractivity (Wildman–Crippen MR) is 86.3 cm³/mol. The molecule has 0 spiro atoms. The van der Waals surface area contributed by atoms with Crippen molar-refractivity contribution in [2.75, 3.05) is 19.8 Å². The standard InChI is InChI=1S/C18H29NO2/c1-2-3-4-8-13-21-15-18(14-20,19-17-11-12-17)16-9-6-5-7-10-16/h5-7,9-10,17,19-20H,2-4,8,11-15H2,1H3. The van der Waals surface area contributed by atoms with Crippen LogP contribution in [0.2, 0.25) is 0 Å². The number of aliphatic hydroxyl groups is 1. The smallest absolute Gasteiger partial charge is 0.0908 e. The summed E-state index contributed by atoms with van der Waals surface area (Å²) in [5.41, 5.74) is 0.667. The van der Waals surface area contributed by atoms with E-state index in [0.717, 1.165) is 18.6 Å². The summed E-state index contributed by atoms with van der Waals surface area (Å²) >= 11 is 0. The molecule has 1 fully saturated rings. The van der Waals surface area contributed by atoms with E-state index in [9.17, 15) is 5.11 Å². The summed E-state index contributed by atoms with van der Waals surface area (Å²) in [6, 6.07) is 10.7. The Bertz CT molecular complexity index is 391. The predicted octanol–water partition coefficient (Wildman–Crippen LogP) is 3.22. The molecule has 118 valence electrons. The summed E-state index contributed by atoms with van der Waals surface area (Å²) < 4.78 is 5.90.